The summed E-state index contributed by atoms with van der Waals surface area (Å²) < 4.78 is 1.36. The zero-order chi connectivity index (χ0) is 12.4. The van der Waals surface area contributed by atoms with Crippen molar-refractivity contribution in [2.24, 2.45) is 5.73 Å². The molecule has 0 amide bonds. The summed E-state index contributed by atoms with van der Waals surface area (Å²) in [5.41, 5.74) is 7.35. The number of fused-ring (bicyclic) bond motifs is 1. The first-order valence-corrected chi connectivity index (χ1v) is 7.68. The Hall–Kier alpha value is -0.900. The van der Waals surface area contributed by atoms with Crippen molar-refractivity contribution < 1.29 is 0 Å². The van der Waals surface area contributed by atoms with Crippen LogP contribution >= 0.6 is 11.3 Å². The number of hydrogen-bond donors (Lipinski definition) is 2. The van der Waals surface area contributed by atoms with Gasteiger partial charge in [0.25, 0.3) is 0 Å². The molecule has 1 aromatic heterocycles. The lowest BCUT2D eigenvalue weighted by molar-refractivity contribution is 0.447. The molecule has 3 rings (SSSR count). The van der Waals surface area contributed by atoms with Crippen LogP contribution in [-0.4, -0.2) is 12.6 Å². The van der Waals surface area contributed by atoms with Crippen LogP contribution in [0, 0.1) is 0 Å². The van der Waals surface area contributed by atoms with E-state index in [1.807, 2.05) is 11.3 Å². The summed E-state index contributed by atoms with van der Waals surface area (Å²) in [5, 5.41) is 7.37. The SMILES string of the molecule is NCC(NC1CCCC1)c1csc2ccccc12. The molecule has 96 valence electrons. The highest BCUT2D eigenvalue weighted by molar-refractivity contribution is 7.17. The van der Waals surface area contributed by atoms with Crippen LogP contribution < -0.4 is 11.1 Å². The summed E-state index contributed by atoms with van der Waals surface area (Å²) in [6.45, 7) is 0.678. The predicted octanol–water partition coefficient (Wildman–Crippen LogP) is 3.43. The molecule has 1 saturated carbocycles. The summed E-state index contributed by atoms with van der Waals surface area (Å²) in [4.78, 5) is 0. The van der Waals surface area contributed by atoms with Gasteiger partial charge in [0, 0.05) is 23.3 Å². The molecule has 1 aliphatic rings. The van der Waals surface area contributed by atoms with E-state index in [-0.39, 0.29) is 0 Å². The number of thiophene rings is 1. The van der Waals surface area contributed by atoms with Crippen LogP contribution in [0.4, 0.5) is 0 Å². The third-order valence-electron chi connectivity index (χ3n) is 3.91. The summed E-state index contributed by atoms with van der Waals surface area (Å²) >= 11 is 1.82. The van der Waals surface area contributed by atoms with Gasteiger partial charge in [-0.2, -0.15) is 0 Å². The molecule has 3 N–H and O–H groups in total. The molecule has 3 heteroatoms. The topological polar surface area (TPSA) is 38.0 Å². The highest BCUT2D eigenvalue weighted by Crippen LogP contribution is 2.31. The number of nitrogens with one attached hydrogen (secondary N) is 1. The van der Waals surface area contributed by atoms with Gasteiger partial charge in [-0.1, -0.05) is 31.0 Å². The Balaban J connectivity index is 1.86. The minimum Gasteiger partial charge on any atom is -0.329 e. The van der Waals surface area contributed by atoms with Gasteiger partial charge >= 0.3 is 0 Å². The van der Waals surface area contributed by atoms with E-state index in [0.29, 0.717) is 18.6 Å². The van der Waals surface area contributed by atoms with Gasteiger partial charge in [-0.3, -0.25) is 0 Å². The molecule has 1 heterocycles. The van der Waals surface area contributed by atoms with Crippen molar-refractivity contribution in [1.82, 2.24) is 5.32 Å². The van der Waals surface area contributed by atoms with E-state index in [4.69, 9.17) is 5.73 Å². The second-order valence-electron chi connectivity index (χ2n) is 5.12. The standard InChI is InChI=1S/C15H20N2S/c16-9-14(17-11-5-1-2-6-11)13-10-18-15-8-4-3-7-12(13)15/h3-4,7-8,10-11,14,17H,1-2,5-6,9,16H2. The second kappa shape index (κ2) is 5.39. The lowest BCUT2D eigenvalue weighted by Gasteiger charge is -2.21. The summed E-state index contributed by atoms with van der Waals surface area (Å²) in [6, 6.07) is 9.58. The Morgan fingerprint density at radius 3 is 2.83 bits per heavy atom. The van der Waals surface area contributed by atoms with Gasteiger partial charge in [-0.15, -0.1) is 11.3 Å². The van der Waals surface area contributed by atoms with Gasteiger partial charge in [0.15, 0.2) is 0 Å². The molecule has 18 heavy (non-hydrogen) atoms. The molecule has 0 aliphatic heterocycles. The number of nitrogens with two attached hydrogens (primary N) is 1. The highest BCUT2D eigenvalue weighted by Gasteiger charge is 2.21. The fraction of sp³-hybridized carbons (Fsp3) is 0.467. The quantitative estimate of drug-likeness (QED) is 0.884. The Kier molecular flexibility index (Phi) is 3.64. The third kappa shape index (κ3) is 2.30. The van der Waals surface area contributed by atoms with Crippen LogP contribution in [0.3, 0.4) is 0 Å². The fourth-order valence-electron chi connectivity index (χ4n) is 2.93. The number of rotatable bonds is 4. The van der Waals surface area contributed by atoms with Crippen LogP contribution in [0.25, 0.3) is 10.1 Å². The van der Waals surface area contributed by atoms with Crippen molar-refractivity contribution >= 4 is 21.4 Å². The maximum atomic E-state index is 5.98. The molecule has 1 aromatic carbocycles. The van der Waals surface area contributed by atoms with Crippen molar-refractivity contribution in [3.05, 3.63) is 35.2 Å². The zero-order valence-electron chi connectivity index (χ0n) is 10.6. The third-order valence-corrected chi connectivity index (χ3v) is 4.90. The lowest BCUT2D eigenvalue weighted by Crippen LogP contribution is -2.34. The number of benzene rings is 1. The van der Waals surface area contributed by atoms with E-state index >= 15 is 0 Å². The minimum atomic E-state index is 0.309. The van der Waals surface area contributed by atoms with E-state index in [9.17, 15) is 0 Å². The maximum absolute atomic E-state index is 5.98. The fourth-order valence-corrected chi connectivity index (χ4v) is 3.95. The van der Waals surface area contributed by atoms with Crippen molar-refractivity contribution in [3.8, 4) is 0 Å². The van der Waals surface area contributed by atoms with Crippen LogP contribution in [0.15, 0.2) is 29.6 Å². The van der Waals surface area contributed by atoms with Gasteiger partial charge in [0.2, 0.25) is 0 Å². The van der Waals surface area contributed by atoms with Gasteiger partial charge in [0.1, 0.15) is 0 Å². The molecule has 1 unspecified atom stereocenters. The molecule has 0 bridgehead atoms. The van der Waals surface area contributed by atoms with Crippen LogP contribution in [-0.2, 0) is 0 Å². The maximum Gasteiger partial charge on any atom is 0.0461 e. The number of hydrogen-bond acceptors (Lipinski definition) is 3. The van der Waals surface area contributed by atoms with E-state index in [1.165, 1.54) is 41.3 Å². The average molecular weight is 260 g/mol. The zero-order valence-corrected chi connectivity index (χ0v) is 11.4. The van der Waals surface area contributed by atoms with Crippen molar-refractivity contribution in [2.75, 3.05) is 6.54 Å². The Morgan fingerprint density at radius 2 is 2.06 bits per heavy atom. The van der Waals surface area contributed by atoms with Crippen LogP contribution in [0.1, 0.15) is 37.3 Å². The molecular formula is C15H20N2S. The molecule has 0 radical (unpaired) electrons. The van der Waals surface area contributed by atoms with E-state index < -0.39 is 0 Å². The van der Waals surface area contributed by atoms with Crippen molar-refractivity contribution in [2.45, 2.75) is 37.8 Å². The predicted molar refractivity (Wildman–Crippen MR) is 79.0 cm³/mol. The van der Waals surface area contributed by atoms with Gasteiger partial charge < -0.3 is 11.1 Å². The van der Waals surface area contributed by atoms with Crippen LogP contribution in [0.2, 0.25) is 0 Å². The van der Waals surface area contributed by atoms with E-state index in [0.717, 1.165) is 0 Å². The Labute approximate surface area is 112 Å². The summed E-state index contributed by atoms with van der Waals surface area (Å²) in [6.07, 6.45) is 5.33. The van der Waals surface area contributed by atoms with Gasteiger partial charge in [-0.25, -0.2) is 0 Å². The first-order chi connectivity index (χ1) is 8.88. The van der Waals surface area contributed by atoms with Crippen molar-refractivity contribution in [3.63, 3.8) is 0 Å². The molecule has 0 spiro atoms. The lowest BCUT2D eigenvalue weighted by atomic mass is 10.0. The Bertz CT molecular complexity index is 514. The first-order valence-electron chi connectivity index (χ1n) is 6.80. The van der Waals surface area contributed by atoms with E-state index in [1.54, 1.807) is 0 Å². The molecule has 1 atom stereocenters. The molecule has 2 nitrogen and oxygen atoms in total. The minimum absolute atomic E-state index is 0.309. The van der Waals surface area contributed by atoms with E-state index in [2.05, 4.69) is 35.0 Å². The Morgan fingerprint density at radius 1 is 1.28 bits per heavy atom. The van der Waals surface area contributed by atoms with Gasteiger partial charge in [-0.05, 0) is 35.2 Å². The molecule has 0 saturated heterocycles. The summed E-state index contributed by atoms with van der Waals surface area (Å²) in [7, 11) is 0. The normalized spacial score (nSPS) is 18.5. The molecular weight excluding hydrogens is 240 g/mol. The molecule has 1 aliphatic carbocycles. The molecule has 2 aromatic rings. The largest absolute Gasteiger partial charge is 0.329 e. The molecule has 1 fully saturated rings. The first kappa shape index (κ1) is 12.2. The second-order valence-corrected chi connectivity index (χ2v) is 6.03. The van der Waals surface area contributed by atoms with Gasteiger partial charge in [0.05, 0.1) is 0 Å². The smallest absolute Gasteiger partial charge is 0.0461 e. The van der Waals surface area contributed by atoms with Crippen LogP contribution in [0.5, 0.6) is 0 Å². The summed E-state index contributed by atoms with van der Waals surface area (Å²) in [5.74, 6) is 0. The van der Waals surface area contributed by atoms with Crippen molar-refractivity contribution in [1.29, 1.82) is 0 Å². The monoisotopic (exact) mass is 260 g/mol. The average Bonchev–Trinajstić information content (AvgIpc) is 3.05. The highest BCUT2D eigenvalue weighted by atomic mass is 32.1.